The number of benzene rings is 1. The molecule has 0 aliphatic heterocycles. The molecule has 0 atom stereocenters. The standard InChI is InChI=1S/C21H22N6O4/c1-30-8-4-7-27-18-17(10-16(12-23-18)19(28)24-13-31-2)25-21(27)26-20(29)15-6-3-5-14(9-15)11-22/h3,5-6,9-10,12H,4,7-8,13H2,1-2H3,(H,24,28)(H,25,26,29). The summed E-state index contributed by atoms with van der Waals surface area (Å²) in [7, 11) is 3.09. The van der Waals surface area contributed by atoms with Crippen molar-refractivity contribution >= 4 is 28.9 Å². The molecule has 0 spiro atoms. The molecule has 2 N–H and O–H groups in total. The molecule has 0 aliphatic carbocycles. The Hall–Kier alpha value is -3.81. The third-order valence-corrected chi connectivity index (χ3v) is 4.43. The van der Waals surface area contributed by atoms with Crippen LogP contribution in [0.15, 0.2) is 36.5 Å². The van der Waals surface area contributed by atoms with Crippen LogP contribution in [0, 0.1) is 11.3 Å². The van der Waals surface area contributed by atoms with E-state index in [1.54, 1.807) is 35.9 Å². The minimum atomic E-state index is -0.404. The van der Waals surface area contributed by atoms with Gasteiger partial charge in [0.25, 0.3) is 11.8 Å². The summed E-state index contributed by atoms with van der Waals surface area (Å²) in [5.74, 6) is -0.456. The first-order valence-corrected chi connectivity index (χ1v) is 9.51. The Kier molecular flexibility index (Phi) is 7.26. The van der Waals surface area contributed by atoms with Gasteiger partial charge in [0.05, 0.1) is 17.2 Å². The highest BCUT2D eigenvalue weighted by molar-refractivity contribution is 6.04. The van der Waals surface area contributed by atoms with Gasteiger partial charge in [0.1, 0.15) is 12.2 Å². The van der Waals surface area contributed by atoms with Crippen LogP contribution in [0.25, 0.3) is 11.2 Å². The van der Waals surface area contributed by atoms with Gasteiger partial charge in [-0.1, -0.05) is 6.07 Å². The summed E-state index contributed by atoms with van der Waals surface area (Å²) in [5, 5.41) is 14.4. The van der Waals surface area contributed by atoms with Gasteiger partial charge in [0.15, 0.2) is 5.65 Å². The largest absolute Gasteiger partial charge is 0.385 e. The lowest BCUT2D eigenvalue weighted by molar-refractivity contribution is 0.0871. The molecule has 1 aromatic carbocycles. The number of rotatable bonds is 9. The van der Waals surface area contributed by atoms with Crippen LogP contribution in [-0.2, 0) is 16.0 Å². The molecule has 3 aromatic rings. The number of pyridine rings is 1. The number of anilines is 1. The number of fused-ring (bicyclic) bond motifs is 1. The van der Waals surface area contributed by atoms with E-state index in [1.165, 1.54) is 19.4 Å². The van der Waals surface area contributed by atoms with E-state index >= 15 is 0 Å². The zero-order valence-corrected chi connectivity index (χ0v) is 17.2. The summed E-state index contributed by atoms with van der Waals surface area (Å²) in [6.45, 7) is 1.10. The number of carbonyl (C=O) groups excluding carboxylic acids is 2. The van der Waals surface area contributed by atoms with E-state index in [4.69, 9.17) is 14.7 Å². The molecule has 0 aliphatic rings. The minimum Gasteiger partial charge on any atom is -0.385 e. The smallest absolute Gasteiger partial charge is 0.258 e. The number of carbonyl (C=O) groups is 2. The molecule has 0 fully saturated rings. The normalized spacial score (nSPS) is 10.6. The van der Waals surface area contributed by atoms with E-state index in [1.807, 2.05) is 6.07 Å². The Balaban J connectivity index is 1.93. The first-order chi connectivity index (χ1) is 15.1. The number of aromatic nitrogens is 3. The molecule has 160 valence electrons. The maximum absolute atomic E-state index is 12.7. The second kappa shape index (κ2) is 10.3. The average Bonchev–Trinajstić information content (AvgIpc) is 3.13. The van der Waals surface area contributed by atoms with Crippen molar-refractivity contribution < 1.29 is 19.1 Å². The summed E-state index contributed by atoms with van der Waals surface area (Å²) in [5.41, 5.74) is 2.03. The zero-order chi connectivity index (χ0) is 22.2. The third kappa shape index (κ3) is 5.22. The van der Waals surface area contributed by atoms with E-state index in [0.717, 1.165) is 0 Å². The van der Waals surface area contributed by atoms with Crippen LogP contribution in [0.5, 0.6) is 0 Å². The lowest BCUT2D eigenvalue weighted by Gasteiger charge is -2.10. The Morgan fingerprint density at radius 1 is 1.16 bits per heavy atom. The van der Waals surface area contributed by atoms with Gasteiger partial charge in [0.2, 0.25) is 5.95 Å². The van der Waals surface area contributed by atoms with Crippen molar-refractivity contribution in [3.8, 4) is 6.07 Å². The van der Waals surface area contributed by atoms with Gasteiger partial charge in [-0.3, -0.25) is 19.5 Å². The van der Waals surface area contributed by atoms with Crippen LogP contribution in [0.2, 0.25) is 0 Å². The fourth-order valence-corrected chi connectivity index (χ4v) is 2.95. The van der Waals surface area contributed by atoms with Crippen LogP contribution in [0.1, 0.15) is 32.7 Å². The van der Waals surface area contributed by atoms with E-state index in [2.05, 4.69) is 20.6 Å². The number of nitriles is 1. The molecule has 2 aromatic heterocycles. The lowest BCUT2D eigenvalue weighted by Crippen LogP contribution is -2.25. The maximum atomic E-state index is 12.7. The topological polar surface area (TPSA) is 131 Å². The third-order valence-electron chi connectivity index (χ3n) is 4.43. The fourth-order valence-electron chi connectivity index (χ4n) is 2.95. The van der Waals surface area contributed by atoms with E-state index in [-0.39, 0.29) is 12.6 Å². The molecule has 0 radical (unpaired) electrons. The zero-order valence-electron chi connectivity index (χ0n) is 17.2. The number of amides is 2. The highest BCUT2D eigenvalue weighted by Gasteiger charge is 2.17. The molecular formula is C21H22N6O4. The number of aryl methyl sites for hydroxylation is 1. The summed E-state index contributed by atoms with van der Waals surface area (Å²) >= 11 is 0. The van der Waals surface area contributed by atoms with Crippen LogP contribution >= 0.6 is 0 Å². The van der Waals surface area contributed by atoms with Gasteiger partial charge in [0, 0.05) is 39.1 Å². The SMILES string of the molecule is COCCCn1c(NC(=O)c2cccc(C#N)c2)nc2cc(C(=O)NCOC)cnc21. The van der Waals surface area contributed by atoms with Gasteiger partial charge < -0.3 is 14.8 Å². The van der Waals surface area contributed by atoms with E-state index in [0.29, 0.717) is 53.4 Å². The van der Waals surface area contributed by atoms with Crippen molar-refractivity contribution in [3.63, 3.8) is 0 Å². The highest BCUT2D eigenvalue weighted by Crippen LogP contribution is 2.20. The first kappa shape index (κ1) is 21.9. The Bertz CT molecular complexity index is 1130. The van der Waals surface area contributed by atoms with Gasteiger partial charge in [-0.25, -0.2) is 9.97 Å². The number of ether oxygens (including phenoxy) is 2. The van der Waals surface area contributed by atoms with Gasteiger partial charge in [-0.05, 0) is 30.7 Å². The molecule has 10 heteroatoms. The molecule has 0 saturated carbocycles. The molecular weight excluding hydrogens is 400 g/mol. The average molecular weight is 422 g/mol. The number of methoxy groups -OCH3 is 2. The van der Waals surface area contributed by atoms with E-state index < -0.39 is 5.91 Å². The molecule has 0 unspecified atom stereocenters. The molecule has 3 rings (SSSR count). The number of nitrogens with zero attached hydrogens (tertiary/aromatic N) is 4. The quantitative estimate of drug-likeness (QED) is 0.398. The Labute approximate surface area is 178 Å². The predicted octanol–water partition coefficient (Wildman–Crippen LogP) is 1.93. The minimum absolute atomic E-state index is 0.0748. The van der Waals surface area contributed by atoms with Crippen molar-refractivity contribution in [1.82, 2.24) is 19.9 Å². The van der Waals surface area contributed by atoms with Crippen LogP contribution in [-0.4, -0.2) is 53.9 Å². The highest BCUT2D eigenvalue weighted by atomic mass is 16.5. The summed E-state index contributed by atoms with van der Waals surface area (Å²) < 4.78 is 11.7. The van der Waals surface area contributed by atoms with Gasteiger partial charge in [-0.15, -0.1) is 0 Å². The fraction of sp³-hybridized carbons (Fsp3) is 0.286. The predicted molar refractivity (Wildman–Crippen MR) is 112 cm³/mol. The molecule has 2 amide bonds. The number of hydrogen-bond donors (Lipinski definition) is 2. The number of hydrogen-bond acceptors (Lipinski definition) is 7. The second-order valence-electron chi connectivity index (χ2n) is 6.59. The van der Waals surface area contributed by atoms with Gasteiger partial charge in [-0.2, -0.15) is 5.26 Å². The summed E-state index contributed by atoms with van der Waals surface area (Å²) in [6.07, 6.45) is 2.12. The second-order valence-corrected chi connectivity index (χ2v) is 6.59. The van der Waals surface area contributed by atoms with Crippen LogP contribution < -0.4 is 10.6 Å². The monoisotopic (exact) mass is 422 g/mol. The Morgan fingerprint density at radius 2 is 2.00 bits per heavy atom. The number of imidazole rings is 1. The summed E-state index contributed by atoms with van der Waals surface area (Å²) in [4.78, 5) is 33.8. The maximum Gasteiger partial charge on any atom is 0.258 e. The molecule has 0 saturated heterocycles. The number of nitrogens with one attached hydrogen (secondary N) is 2. The van der Waals surface area contributed by atoms with E-state index in [9.17, 15) is 9.59 Å². The molecule has 10 nitrogen and oxygen atoms in total. The van der Waals surface area contributed by atoms with Crippen molar-refractivity contribution in [1.29, 1.82) is 5.26 Å². The van der Waals surface area contributed by atoms with Gasteiger partial charge >= 0.3 is 0 Å². The van der Waals surface area contributed by atoms with Crippen molar-refractivity contribution in [2.24, 2.45) is 0 Å². The first-order valence-electron chi connectivity index (χ1n) is 9.51. The Morgan fingerprint density at radius 3 is 2.74 bits per heavy atom. The molecule has 0 bridgehead atoms. The lowest BCUT2D eigenvalue weighted by atomic mass is 10.1. The van der Waals surface area contributed by atoms with Crippen molar-refractivity contribution in [3.05, 3.63) is 53.2 Å². The molecule has 31 heavy (non-hydrogen) atoms. The van der Waals surface area contributed by atoms with Crippen molar-refractivity contribution in [2.45, 2.75) is 13.0 Å². The van der Waals surface area contributed by atoms with Crippen molar-refractivity contribution in [2.75, 3.05) is 32.9 Å². The summed E-state index contributed by atoms with van der Waals surface area (Å²) in [6, 6.07) is 10.00. The van der Waals surface area contributed by atoms with Crippen LogP contribution in [0.4, 0.5) is 5.95 Å². The molecule has 2 heterocycles. The van der Waals surface area contributed by atoms with Crippen LogP contribution in [0.3, 0.4) is 0 Å².